The lowest BCUT2D eigenvalue weighted by Gasteiger charge is -2.13. The average molecular weight is 599 g/mol. The number of nitrogens with one attached hydrogen (secondary N) is 1. The molecule has 4 aromatic rings. The minimum atomic E-state index is -4.54. The standard InChI is InChI=1S/C31H29F3N2O5S/c1-20-6-10-24(11-7-20)30(38)27-18-36(28-15-14-25(17-26(27)28)31(32,33)34)16-4-5-22-8-12-23(13-9-22)21(2)41-19-29(37)35-42(3,39)40/h4-15,17-18,21H,16,19H2,1-3H3,(H,35,37)/b5-4+/t21-/m1/s1. The molecular weight excluding hydrogens is 569 g/mol. The van der Waals surface area contributed by atoms with Gasteiger partial charge in [0, 0.05) is 34.8 Å². The summed E-state index contributed by atoms with van der Waals surface area (Å²) in [4.78, 5) is 25.0. The summed E-state index contributed by atoms with van der Waals surface area (Å²) in [6.07, 6.45) is 1.13. The van der Waals surface area contributed by atoms with Crippen molar-refractivity contribution in [3.63, 3.8) is 0 Å². The number of halogens is 3. The van der Waals surface area contributed by atoms with Crippen molar-refractivity contribution in [1.82, 2.24) is 9.29 Å². The number of ketones is 1. The van der Waals surface area contributed by atoms with Gasteiger partial charge in [-0.15, -0.1) is 0 Å². The molecule has 220 valence electrons. The van der Waals surface area contributed by atoms with Crippen LogP contribution in [0.15, 0.2) is 79.0 Å². The van der Waals surface area contributed by atoms with Crippen LogP contribution in [0.2, 0.25) is 0 Å². The van der Waals surface area contributed by atoms with Crippen molar-refractivity contribution in [3.05, 3.63) is 112 Å². The number of hydrogen-bond acceptors (Lipinski definition) is 5. The molecule has 42 heavy (non-hydrogen) atoms. The third-order valence-corrected chi connectivity index (χ3v) is 7.15. The van der Waals surface area contributed by atoms with Crippen molar-refractivity contribution >= 4 is 38.7 Å². The van der Waals surface area contributed by atoms with Crippen molar-refractivity contribution in [2.45, 2.75) is 32.7 Å². The van der Waals surface area contributed by atoms with Gasteiger partial charge < -0.3 is 9.30 Å². The van der Waals surface area contributed by atoms with E-state index in [2.05, 4.69) is 0 Å². The highest BCUT2D eigenvalue weighted by Crippen LogP contribution is 2.34. The first-order chi connectivity index (χ1) is 19.7. The lowest BCUT2D eigenvalue weighted by Crippen LogP contribution is -2.32. The van der Waals surface area contributed by atoms with E-state index in [1.807, 2.05) is 35.9 Å². The summed E-state index contributed by atoms with van der Waals surface area (Å²) < 4.78 is 71.7. The van der Waals surface area contributed by atoms with E-state index < -0.39 is 40.4 Å². The number of fused-ring (bicyclic) bond motifs is 1. The van der Waals surface area contributed by atoms with Crippen LogP contribution in [0, 0.1) is 6.92 Å². The van der Waals surface area contributed by atoms with Gasteiger partial charge in [-0.25, -0.2) is 8.42 Å². The molecule has 11 heteroatoms. The Morgan fingerprint density at radius 1 is 1.02 bits per heavy atom. The number of alkyl halides is 3. The first-order valence-corrected chi connectivity index (χ1v) is 14.8. The predicted molar refractivity (Wildman–Crippen MR) is 154 cm³/mol. The van der Waals surface area contributed by atoms with Crippen LogP contribution in [0.5, 0.6) is 0 Å². The smallest absolute Gasteiger partial charge is 0.364 e. The van der Waals surface area contributed by atoms with Gasteiger partial charge >= 0.3 is 6.18 Å². The van der Waals surface area contributed by atoms with E-state index in [-0.39, 0.29) is 16.7 Å². The number of nitrogens with zero attached hydrogens (tertiary/aromatic N) is 1. The Kier molecular flexibility index (Phi) is 9.03. The number of sulfonamides is 1. The fourth-order valence-corrected chi connectivity index (χ4v) is 4.85. The SMILES string of the molecule is Cc1ccc(C(=O)c2cn(C/C=C/c3ccc([C@@H](C)OCC(=O)NS(C)(=O)=O)cc3)c3ccc(C(F)(F)F)cc23)cc1. The summed E-state index contributed by atoms with van der Waals surface area (Å²) >= 11 is 0. The second kappa shape index (κ2) is 12.3. The highest BCUT2D eigenvalue weighted by molar-refractivity contribution is 7.89. The molecule has 7 nitrogen and oxygen atoms in total. The van der Waals surface area contributed by atoms with Crippen LogP contribution < -0.4 is 4.72 Å². The van der Waals surface area contributed by atoms with E-state index in [0.717, 1.165) is 35.1 Å². The highest BCUT2D eigenvalue weighted by atomic mass is 32.2. The summed E-state index contributed by atoms with van der Waals surface area (Å²) in [6, 6.07) is 17.6. The molecule has 3 aromatic carbocycles. The number of rotatable bonds is 10. The number of benzene rings is 3. The Bertz CT molecular complexity index is 1740. The number of aryl methyl sites for hydroxylation is 1. The summed E-state index contributed by atoms with van der Waals surface area (Å²) in [7, 11) is -3.66. The highest BCUT2D eigenvalue weighted by Gasteiger charge is 2.31. The summed E-state index contributed by atoms with van der Waals surface area (Å²) in [5.74, 6) is -1.12. The Morgan fingerprint density at radius 3 is 2.31 bits per heavy atom. The Labute approximate surface area is 241 Å². The minimum Gasteiger partial charge on any atom is -0.364 e. The molecule has 0 radical (unpaired) electrons. The maximum Gasteiger partial charge on any atom is 0.416 e. The molecule has 1 amide bonds. The molecule has 0 aliphatic rings. The first kappa shape index (κ1) is 30.7. The van der Waals surface area contributed by atoms with E-state index in [1.165, 1.54) is 6.07 Å². The number of carbonyl (C=O) groups is 2. The fraction of sp³-hybridized carbons (Fsp3) is 0.226. The normalized spacial score (nSPS) is 13.0. The molecular formula is C31H29F3N2O5S. The molecule has 0 saturated carbocycles. The van der Waals surface area contributed by atoms with Crippen molar-refractivity contribution in [1.29, 1.82) is 0 Å². The molecule has 0 saturated heterocycles. The summed E-state index contributed by atoms with van der Waals surface area (Å²) in [5, 5.41) is 0.229. The zero-order valence-corrected chi connectivity index (χ0v) is 23.9. The van der Waals surface area contributed by atoms with Crippen molar-refractivity contribution in [2.24, 2.45) is 0 Å². The molecule has 0 aliphatic heterocycles. The lowest BCUT2D eigenvalue weighted by atomic mass is 10.0. The van der Waals surface area contributed by atoms with Crippen LogP contribution in [-0.2, 0) is 32.3 Å². The van der Waals surface area contributed by atoms with Gasteiger partial charge in [-0.3, -0.25) is 14.3 Å². The van der Waals surface area contributed by atoms with Crippen molar-refractivity contribution < 1.29 is 35.9 Å². The van der Waals surface area contributed by atoms with Crippen LogP contribution in [0.3, 0.4) is 0 Å². The van der Waals surface area contributed by atoms with Crippen LogP contribution in [-0.4, -0.2) is 37.5 Å². The first-order valence-electron chi connectivity index (χ1n) is 12.9. The summed E-state index contributed by atoms with van der Waals surface area (Å²) in [6.45, 7) is 3.50. The largest absolute Gasteiger partial charge is 0.416 e. The molecule has 1 aromatic heterocycles. The quantitative estimate of drug-likeness (QED) is 0.224. The van der Waals surface area contributed by atoms with Gasteiger partial charge in [-0.1, -0.05) is 66.2 Å². The number of ether oxygens (including phenoxy) is 1. The maximum atomic E-state index is 13.5. The van der Waals surface area contributed by atoms with Gasteiger partial charge in [-0.2, -0.15) is 13.2 Å². The Balaban J connectivity index is 1.51. The average Bonchev–Trinajstić information content (AvgIpc) is 3.28. The summed E-state index contributed by atoms with van der Waals surface area (Å²) in [5.41, 5.74) is 2.84. The van der Waals surface area contributed by atoms with Gasteiger partial charge in [0.15, 0.2) is 5.78 Å². The number of hydrogen-bond donors (Lipinski definition) is 1. The van der Waals surface area contributed by atoms with E-state index in [1.54, 1.807) is 54.1 Å². The lowest BCUT2D eigenvalue weighted by molar-refractivity contribution is -0.137. The number of allylic oxidation sites excluding steroid dienone is 1. The molecule has 0 fully saturated rings. The minimum absolute atomic E-state index is 0.192. The predicted octanol–water partition coefficient (Wildman–Crippen LogP) is 6.07. The van der Waals surface area contributed by atoms with Crippen LogP contribution in [0.1, 0.15) is 51.2 Å². The van der Waals surface area contributed by atoms with Crippen LogP contribution >= 0.6 is 0 Å². The number of carbonyl (C=O) groups excluding carboxylic acids is 2. The van der Waals surface area contributed by atoms with E-state index in [0.29, 0.717) is 17.6 Å². The molecule has 0 unspecified atom stereocenters. The Hall–Kier alpha value is -4.22. The van der Waals surface area contributed by atoms with Gasteiger partial charge in [0.25, 0.3) is 5.91 Å². The molecule has 1 heterocycles. The maximum absolute atomic E-state index is 13.5. The number of aromatic nitrogens is 1. The van der Waals surface area contributed by atoms with Crippen molar-refractivity contribution in [2.75, 3.05) is 12.9 Å². The van der Waals surface area contributed by atoms with E-state index in [9.17, 15) is 31.2 Å². The second-order valence-corrected chi connectivity index (χ2v) is 11.7. The molecule has 0 aliphatic carbocycles. The topological polar surface area (TPSA) is 94.5 Å². The zero-order valence-electron chi connectivity index (χ0n) is 23.1. The van der Waals surface area contributed by atoms with Gasteiger partial charge in [0.2, 0.25) is 10.0 Å². The van der Waals surface area contributed by atoms with E-state index >= 15 is 0 Å². The Morgan fingerprint density at radius 2 is 1.69 bits per heavy atom. The zero-order chi connectivity index (χ0) is 30.7. The molecule has 1 atom stereocenters. The van der Waals surface area contributed by atoms with Gasteiger partial charge in [0.1, 0.15) is 6.61 Å². The van der Waals surface area contributed by atoms with Crippen molar-refractivity contribution in [3.8, 4) is 0 Å². The van der Waals surface area contributed by atoms with Gasteiger partial charge in [-0.05, 0) is 43.2 Å². The van der Waals surface area contributed by atoms with E-state index in [4.69, 9.17) is 4.74 Å². The van der Waals surface area contributed by atoms with Crippen LogP contribution in [0.4, 0.5) is 13.2 Å². The second-order valence-electron chi connectivity index (χ2n) is 9.94. The molecule has 0 bridgehead atoms. The fourth-order valence-electron chi connectivity index (χ4n) is 4.38. The molecule has 1 N–H and O–H groups in total. The molecule has 4 rings (SSSR count). The monoisotopic (exact) mass is 598 g/mol. The third-order valence-electron chi connectivity index (χ3n) is 6.55. The van der Waals surface area contributed by atoms with Crippen LogP contribution in [0.25, 0.3) is 17.0 Å². The third kappa shape index (κ3) is 7.74. The number of amides is 1. The molecule has 0 spiro atoms. The van der Waals surface area contributed by atoms with Gasteiger partial charge in [0.05, 0.1) is 17.9 Å².